The summed E-state index contributed by atoms with van der Waals surface area (Å²) >= 11 is 0. The van der Waals surface area contributed by atoms with Gasteiger partial charge in [-0.25, -0.2) is 4.68 Å². The van der Waals surface area contributed by atoms with Crippen molar-refractivity contribution < 1.29 is 19.7 Å². The Balaban J connectivity index is 1.50. The summed E-state index contributed by atoms with van der Waals surface area (Å²) in [5.41, 5.74) is 1.64. The number of ether oxygens (including phenoxy) is 1. The number of hydrogen-bond acceptors (Lipinski definition) is 8. The van der Waals surface area contributed by atoms with Crippen LogP contribution in [-0.4, -0.2) is 67.6 Å². The van der Waals surface area contributed by atoms with Gasteiger partial charge in [-0.3, -0.25) is 9.78 Å². The number of carbonyl (C=O) groups is 1. The van der Waals surface area contributed by atoms with Crippen LogP contribution >= 0.6 is 0 Å². The summed E-state index contributed by atoms with van der Waals surface area (Å²) in [4.78, 5) is 16.1. The third-order valence-electron chi connectivity index (χ3n) is 4.37. The standard InChI is InChI=1S/C17H24N6O4/c1-18-8-12-9-23(22-21-12)10-14-17(26)16(25)13(27-14)5-15(24)20-7-11-3-2-4-19-6-11/h2-4,6,9,13-14,16-18,25-26H,5,7-8,10H2,1H3,(H,20,24)/t13-,14-,16-,17+/m0/s1. The highest BCUT2D eigenvalue weighted by atomic mass is 16.5. The number of aromatic nitrogens is 4. The first-order valence-electron chi connectivity index (χ1n) is 8.77. The molecule has 2 aromatic rings. The monoisotopic (exact) mass is 376 g/mol. The summed E-state index contributed by atoms with van der Waals surface area (Å²) in [6.45, 7) is 1.16. The lowest BCUT2D eigenvalue weighted by Gasteiger charge is -2.14. The highest BCUT2D eigenvalue weighted by molar-refractivity contribution is 5.76. The number of rotatable bonds is 8. The molecule has 27 heavy (non-hydrogen) atoms. The lowest BCUT2D eigenvalue weighted by Crippen LogP contribution is -2.36. The zero-order valence-electron chi connectivity index (χ0n) is 15.0. The Labute approximate surface area is 156 Å². The van der Waals surface area contributed by atoms with E-state index in [0.717, 1.165) is 11.3 Å². The van der Waals surface area contributed by atoms with Gasteiger partial charge in [0.25, 0.3) is 0 Å². The van der Waals surface area contributed by atoms with Gasteiger partial charge in [-0.1, -0.05) is 11.3 Å². The number of amides is 1. The Kier molecular flexibility index (Phi) is 6.45. The third kappa shape index (κ3) is 5.07. The Hall–Kier alpha value is -2.40. The van der Waals surface area contributed by atoms with Crippen molar-refractivity contribution in [1.82, 2.24) is 30.6 Å². The smallest absolute Gasteiger partial charge is 0.222 e. The third-order valence-corrected chi connectivity index (χ3v) is 4.37. The van der Waals surface area contributed by atoms with Gasteiger partial charge >= 0.3 is 0 Å². The number of pyridine rings is 1. The average Bonchev–Trinajstić information content (AvgIpc) is 3.21. The van der Waals surface area contributed by atoms with Gasteiger partial charge in [0.2, 0.25) is 5.91 Å². The number of aliphatic hydroxyl groups excluding tert-OH is 2. The maximum Gasteiger partial charge on any atom is 0.222 e. The van der Waals surface area contributed by atoms with Crippen molar-refractivity contribution in [1.29, 1.82) is 0 Å². The molecule has 1 saturated heterocycles. The van der Waals surface area contributed by atoms with Crippen molar-refractivity contribution in [3.05, 3.63) is 42.0 Å². The van der Waals surface area contributed by atoms with E-state index in [1.165, 1.54) is 0 Å². The molecule has 0 aromatic carbocycles. The molecule has 3 rings (SSSR count). The van der Waals surface area contributed by atoms with Gasteiger partial charge in [0, 0.05) is 31.7 Å². The van der Waals surface area contributed by atoms with E-state index in [9.17, 15) is 15.0 Å². The van der Waals surface area contributed by atoms with Crippen LogP contribution in [0.15, 0.2) is 30.7 Å². The molecule has 0 spiro atoms. The van der Waals surface area contributed by atoms with E-state index < -0.39 is 24.4 Å². The molecule has 0 radical (unpaired) electrons. The number of nitrogens with zero attached hydrogens (tertiary/aromatic N) is 4. The van der Waals surface area contributed by atoms with Crippen molar-refractivity contribution in [2.75, 3.05) is 7.05 Å². The lowest BCUT2D eigenvalue weighted by molar-refractivity contribution is -0.125. The fourth-order valence-corrected chi connectivity index (χ4v) is 2.98. The summed E-state index contributed by atoms with van der Waals surface area (Å²) in [5.74, 6) is -0.271. The summed E-state index contributed by atoms with van der Waals surface area (Å²) in [7, 11) is 1.81. The number of carbonyl (C=O) groups excluding carboxylic acids is 1. The van der Waals surface area contributed by atoms with Crippen LogP contribution in [0.3, 0.4) is 0 Å². The Bertz CT molecular complexity index is 740. The number of nitrogens with one attached hydrogen (secondary N) is 2. The second kappa shape index (κ2) is 9.00. The molecule has 2 aromatic heterocycles. The molecule has 4 atom stereocenters. The van der Waals surface area contributed by atoms with E-state index in [4.69, 9.17) is 4.74 Å². The molecule has 0 bridgehead atoms. The highest BCUT2D eigenvalue weighted by Gasteiger charge is 2.43. The van der Waals surface area contributed by atoms with Crippen molar-refractivity contribution in [3.63, 3.8) is 0 Å². The van der Waals surface area contributed by atoms with Crippen molar-refractivity contribution in [3.8, 4) is 0 Å². The fourth-order valence-electron chi connectivity index (χ4n) is 2.98. The predicted octanol–water partition coefficient (Wildman–Crippen LogP) is -1.41. The molecular weight excluding hydrogens is 352 g/mol. The maximum atomic E-state index is 12.1. The predicted molar refractivity (Wildman–Crippen MR) is 94.2 cm³/mol. The second-order valence-electron chi connectivity index (χ2n) is 6.50. The van der Waals surface area contributed by atoms with Crippen LogP contribution in [-0.2, 0) is 29.2 Å². The number of aliphatic hydroxyl groups is 2. The van der Waals surface area contributed by atoms with Gasteiger partial charge in [0.1, 0.15) is 18.3 Å². The van der Waals surface area contributed by atoms with E-state index in [-0.39, 0.29) is 18.9 Å². The average molecular weight is 376 g/mol. The minimum absolute atomic E-state index is 0.0443. The van der Waals surface area contributed by atoms with Crippen LogP contribution in [0.4, 0.5) is 0 Å². The summed E-state index contributed by atoms with van der Waals surface area (Å²) in [5, 5.41) is 34.1. The zero-order valence-corrected chi connectivity index (χ0v) is 15.0. The van der Waals surface area contributed by atoms with E-state index in [2.05, 4.69) is 25.9 Å². The molecule has 1 amide bonds. The first-order chi connectivity index (χ1) is 13.1. The van der Waals surface area contributed by atoms with Crippen LogP contribution in [0.1, 0.15) is 17.7 Å². The van der Waals surface area contributed by atoms with Crippen LogP contribution in [0.2, 0.25) is 0 Å². The topological polar surface area (TPSA) is 134 Å². The molecule has 0 unspecified atom stereocenters. The van der Waals surface area contributed by atoms with Crippen LogP contribution in [0, 0.1) is 0 Å². The largest absolute Gasteiger partial charge is 0.388 e. The van der Waals surface area contributed by atoms with Crippen molar-refractivity contribution in [2.45, 2.75) is 50.5 Å². The second-order valence-corrected chi connectivity index (χ2v) is 6.50. The Morgan fingerprint density at radius 2 is 2.11 bits per heavy atom. The molecule has 10 nitrogen and oxygen atoms in total. The van der Waals surface area contributed by atoms with E-state index >= 15 is 0 Å². The van der Waals surface area contributed by atoms with Gasteiger partial charge in [0.15, 0.2) is 0 Å². The SMILES string of the molecule is CNCc1cn(C[C@@H]2O[C@@H](CC(=O)NCc3cccnc3)[C@H](O)[C@@H]2O)nn1. The molecule has 146 valence electrons. The minimum Gasteiger partial charge on any atom is -0.388 e. The Morgan fingerprint density at radius 1 is 1.30 bits per heavy atom. The van der Waals surface area contributed by atoms with Gasteiger partial charge in [-0.05, 0) is 18.7 Å². The summed E-state index contributed by atoms with van der Waals surface area (Å²) < 4.78 is 7.26. The molecule has 0 saturated carbocycles. The lowest BCUT2D eigenvalue weighted by atomic mass is 10.1. The van der Waals surface area contributed by atoms with E-state index in [1.54, 1.807) is 29.3 Å². The number of hydrogen-bond donors (Lipinski definition) is 4. The fraction of sp³-hybridized carbons (Fsp3) is 0.529. The van der Waals surface area contributed by atoms with Crippen LogP contribution in [0.25, 0.3) is 0 Å². The molecule has 10 heteroatoms. The van der Waals surface area contributed by atoms with Gasteiger partial charge in [0.05, 0.1) is 24.8 Å². The van der Waals surface area contributed by atoms with Gasteiger partial charge < -0.3 is 25.6 Å². The van der Waals surface area contributed by atoms with Gasteiger partial charge in [-0.2, -0.15) is 0 Å². The van der Waals surface area contributed by atoms with Crippen molar-refractivity contribution >= 4 is 5.91 Å². The minimum atomic E-state index is -1.14. The first kappa shape index (κ1) is 19.4. The zero-order chi connectivity index (χ0) is 19.2. The van der Waals surface area contributed by atoms with Crippen LogP contribution in [0.5, 0.6) is 0 Å². The molecule has 1 aliphatic heterocycles. The Morgan fingerprint density at radius 3 is 2.85 bits per heavy atom. The van der Waals surface area contributed by atoms with Crippen molar-refractivity contribution in [2.24, 2.45) is 0 Å². The van der Waals surface area contributed by atoms with Gasteiger partial charge in [-0.15, -0.1) is 5.10 Å². The summed E-state index contributed by atoms with van der Waals surface area (Å²) in [6.07, 6.45) is 1.34. The molecule has 1 aliphatic rings. The molecule has 3 heterocycles. The quantitative estimate of drug-likeness (QED) is 0.441. The molecule has 0 aliphatic carbocycles. The first-order valence-corrected chi connectivity index (χ1v) is 8.77. The van der Waals surface area contributed by atoms with Crippen LogP contribution < -0.4 is 10.6 Å². The molecule has 4 N–H and O–H groups in total. The molecule has 1 fully saturated rings. The maximum absolute atomic E-state index is 12.1. The van der Waals surface area contributed by atoms with E-state index in [1.807, 2.05) is 13.1 Å². The summed E-state index contributed by atoms with van der Waals surface area (Å²) in [6, 6.07) is 3.65. The van der Waals surface area contributed by atoms with E-state index in [0.29, 0.717) is 13.1 Å². The molecular formula is C17H24N6O4. The highest BCUT2D eigenvalue weighted by Crippen LogP contribution is 2.24. The normalized spacial score (nSPS) is 24.9.